The number of rotatable bonds is 1. The molecule has 0 aromatic carbocycles. The molecule has 108 valence electrons. The summed E-state index contributed by atoms with van der Waals surface area (Å²) in [5, 5.41) is 7.99. The maximum Gasteiger partial charge on any atom is 0.273 e. The molecule has 1 saturated heterocycles. The van der Waals surface area contributed by atoms with Gasteiger partial charge in [-0.05, 0) is 38.1 Å². The molecule has 0 spiro atoms. The summed E-state index contributed by atoms with van der Waals surface area (Å²) in [6, 6.07) is 1.64. The van der Waals surface area contributed by atoms with Crippen LogP contribution in [-0.2, 0) is 0 Å². The van der Waals surface area contributed by atoms with Crippen molar-refractivity contribution in [1.82, 2.24) is 15.0 Å². The summed E-state index contributed by atoms with van der Waals surface area (Å²) < 4.78 is 1.86. The Morgan fingerprint density at radius 2 is 2.14 bits per heavy atom. The van der Waals surface area contributed by atoms with Gasteiger partial charge in [-0.25, -0.2) is 4.68 Å². The molecule has 0 bridgehead atoms. The van der Waals surface area contributed by atoms with Gasteiger partial charge in [0.15, 0.2) is 0 Å². The normalized spacial score (nSPS) is 24.3. The van der Waals surface area contributed by atoms with E-state index in [1.54, 1.807) is 6.07 Å². The van der Waals surface area contributed by atoms with E-state index in [0.717, 1.165) is 37.3 Å². The largest absolute Gasteiger partial charge is 0.399 e. The van der Waals surface area contributed by atoms with Crippen LogP contribution in [0.2, 0.25) is 0 Å². The molecule has 1 aromatic heterocycles. The first-order valence-electron chi connectivity index (χ1n) is 7.31. The lowest BCUT2D eigenvalue weighted by Gasteiger charge is -2.24. The maximum absolute atomic E-state index is 12.0. The quantitative estimate of drug-likeness (QED) is 0.782. The Kier molecular flexibility index (Phi) is 2.78. The van der Waals surface area contributed by atoms with Gasteiger partial charge in [-0.15, -0.1) is 0 Å². The second-order valence-corrected chi connectivity index (χ2v) is 5.72. The predicted molar refractivity (Wildman–Crippen MR) is 80.3 cm³/mol. The average Bonchev–Trinajstić information content (AvgIpc) is 2.84. The van der Waals surface area contributed by atoms with Gasteiger partial charge in [-0.3, -0.25) is 4.79 Å². The molecule has 3 aliphatic rings. The predicted octanol–water partition coefficient (Wildman–Crippen LogP) is 0.424. The van der Waals surface area contributed by atoms with Crippen LogP contribution in [0.25, 0.3) is 0 Å². The van der Waals surface area contributed by atoms with Crippen LogP contribution in [0.1, 0.15) is 36.2 Å². The van der Waals surface area contributed by atoms with Gasteiger partial charge in [0, 0.05) is 17.7 Å². The Morgan fingerprint density at radius 1 is 1.33 bits per heavy atom. The number of fused-ring (bicyclic) bond motifs is 3. The van der Waals surface area contributed by atoms with Crippen LogP contribution in [0, 0.1) is 0 Å². The minimum absolute atomic E-state index is 0.0494. The van der Waals surface area contributed by atoms with E-state index >= 15 is 0 Å². The second kappa shape index (κ2) is 4.66. The number of allylic oxidation sites excluding steroid dienone is 3. The molecule has 1 aromatic rings. The highest BCUT2D eigenvalue weighted by molar-refractivity contribution is 6.04. The molecular formula is C15H17N5O. The minimum Gasteiger partial charge on any atom is -0.399 e. The second-order valence-electron chi connectivity index (χ2n) is 5.72. The number of hydrogen-bond acceptors (Lipinski definition) is 5. The molecule has 21 heavy (non-hydrogen) atoms. The molecule has 1 aliphatic carbocycles. The molecule has 6 heteroatoms. The third kappa shape index (κ3) is 2.03. The third-order valence-electron chi connectivity index (χ3n) is 4.32. The molecule has 0 saturated carbocycles. The fourth-order valence-corrected chi connectivity index (χ4v) is 3.27. The smallest absolute Gasteiger partial charge is 0.273 e. The molecule has 1 unspecified atom stereocenters. The number of hydrogen-bond donors (Lipinski definition) is 2. The summed E-state index contributed by atoms with van der Waals surface area (Å²) in [7, 11) is 0. The zero-order valence-corrected chi connectivity index (χ0v) is 11.6. The van der Waals surface area contributed by atoms with Crippen LogP contribution in [0.4, 0.5) is 0 Å². The van der Waals surface area contributed by atoms with Crippen molar-refractivity contribution in [2.24, 2.45) is 10.8 Å². The number of aromatic nitrogens is 2. The van der Waals surface area contributed by atoms with Crippen molar-refractivity contribution in [1.29, 1.82) is 0 Å². The van der Waals surface area contributed by atoms with Crippen LogP contribution >= 0.6 is 0 Å². The van der Waals surface area contributed by atoms with E-state index in [4.69, 9.17) is 5.73 Å². The molecule has 4 rings (SSSR count). The van der Waals surface area contributed by atoms with Gasteiger partial charge in [0.2, 0.25) is 0 Å². The Labute approximate surface area is 122 Å². The van der Waals surface area contributed by atoms with E-state index in [1.807, 2.05) is 22.9 Å². The standard InChI is InChI=1S/C15H17N5O/c16-10-1-2-11-12(7-10)19-20-13(8-14(21)18-15(11)20)9-3-5-17-6-4-9/h1-2,7-9,11,17H,3-6,16H2. The lowest BCUT2D eigenvalue weighted by molar-refractivity contribution is 0.439. The summed E-state index contributed by atoms with van der Waals surface area (Å²) in [5.41, 5.74) is 8.18. The lowest BCUT2D eigenvalue weighted by Crippen LogP contribution is -2.29. The van der Waals surface area contributed by atoms with E-state index in [9.17, 15) is 4.79 Å². The number of piperidine rings is 1. The van der Waals surface area contributed by atoms with E-state index in [0.29, 0.717) is 17.4 Å². The van der Waals surface area contributed by atoms with Crippen LogP contribution in [0.5, 0.6) is 0 Å². The first-order valence-corrected chi connectivity index (χ1v) is 7.31. The molecule has 0 radical (unpaired) electrons. The van der Waals surface area contributed by atoms with Crippen molar-refractivity contribution >= 4 is 5.71 Å². The zero-order valence-electron chi connectivity index (χ0n) is 11.6. The minimum atomic E-state index is -0.179. The molecule has 1 atom stereocenters. The summed E-state index contributed by atoms with van der Waals surface area (Å²) in [5.74, 6) is 1.02. The van der Waals surface area contributed by atoms with Crippen molar-refractivity contribution in [3.05, 3.63) is 51.9 Å². The van der Waals surface area contributed by atoms with E-state index in [2.05, 4.69) is 15.4 Å². The van der Waals surface area contributed by atoms with Gasteiger partial charge >= 0.3 is 0 Å². The van der Waals surface area contributed by atoms with Crippen LogP contribution in [0.15, 0.2) is 39.9 Å². The summed E-state index contributed by atoms with van der Waals surface area (Å²) in [6.07, 6.45) is 7.71. The number of nitrogens with zero attached hydrogens (tertiary/aromatic N) is 3. The molecule has 3 N–H and O–H groups in total. The van der Waals surface area contributed by atoms with Gasteiger partial charge < -0.3 is 11.1 Å². The average molecular weight is 283 g/mol. The number of nitrogens with two attached hydrogens (primary N) is 1. The van der Waals surface area contributed by atoms with E-state index in [-0.39, 0.29) is 11.5 Å². The summed E-state index contributed by atoms with van der Waals surface area (Å²) in [4.78, 5) is 16.2. The van der Waals surface area contributed by atoms with E-state index in [1.165, 1.54) is 0 Å². The highest BCUT2D eigenvalue weighted by atomic mass is 16.1. The van der Waals surface area contributed by atoms with Crippen molar-refractivity contribution in [3.8, 4) is 0 Å². The van der Waals surface area contributed by atoms with Crippen molar-refractivity contribution in [2.45, 2.75) is 24.7 Å². The molecule has 6 nitrogen and oxygen atoms in total. The monoisotopic (exact) mass is 283 g/mol. The molecule has 0 amide bonds. The zero-order chi connectivity index (χ0) is 14.4. The Bertz CT molecular complexity index is 737. The topological polar surface area (TPSA) is 85.3 Å². The van der Waals surface area contributed by atoms with Crippen LogP contribution in [-0.4, -0.2) is 28.5 Å². The SMILES string of the molecule is NC1=CC2=Nn3c(C4CCNCC4)cc(=O)nc3C2C=C1. The van der Waals surface area contributed by atoms with Crippen molar-refractivity contribution in [2.75, 3.05) is 13.1 Å². The summed E-state index contributed by atoms with van der Waals surface area (Å²) >= 11 is 0. The van der Waals surface area contributed by atoms with Gasteiger partial charge in [0.25, 0.3) is 5.56 Å². The molecule has 1 fully saturated rings. The van der Waals surface area contributed by atoms with Gasteiger partial charge in [-0.1, -0.05) is 6.08 Å². The van der Waals surface area contributed by atoms with Gasteiger partial charge in [0.1, 0.15) is 5.82 Å². The Morgan fingerprint density at radius 3 is 2.95 bits per heavy atom. The lowest BCUT2D eigenvalue weighted by atomic mass is 9.93. The molecule has 2 aliphatic heterocycles. The first kappa shape index (κ1) is 12.5. The fourth-order valence-electron chi connectivity index (χ4n) is 3.27. The van der Waals surface area contributed by atoms with Crippen LogP contribution < -0.4 is 16.6 Å². The van der Waals surface area contributed by atoms with Crippen molar-refractivity contribution in [3.63, 3.8) is 0 Å². The van der Waals surface area contributed by atoms with Crippen LogP contribution in [0.3, 0.4) is 0 Å². The highest BCUT2D eigenvalue weighted by Crippen LogP contribution is 2.32. The van der Waals surface area contributed by atoms with Gasteiger partial charge in [0.05, 0.1) is 17.3 Å². The first-order chi connectivity index (χ1) is 10.2. The Balaban J connectivity index is 1.84. The molecular weight excluding hydrogens is 266 g/mol. The fraction of sp³-hybridized carbons (Fsp3) is 0.400. The van der Waals surface area contributed by atoms with Crippen molar-refractivity contribution < 1.29 is 0 Å². The molecule has 3 heterocycles. The number of nitrogens with one attached hydrogen (secondary N) is 1. The summed E-state index contributed by atoms with van der Waals surface area (Å²) in [6.45, 7) is 1.95. The van der Waals surface area contributed by atoms with Gasteiger partial charge in [-0.2, -0.15) is 10.1 Å². The maximum atomic E-state index is 12.0. The third-order valence-corrected chi connectivity index (χ3v) is 4.32. The van der Waals surface area contributed by atoms with E-state index < -0.39 is 0 Å². The highest BCUT2D eigenvalue weighted by Gasteiger charge is 2.31. The Hall–Kier alpha value is -2.21.